The lowest BCUT2D eigenvalue weighted by atomic mass is 10.0. The number of nitrogens with zero attached hydrogens (tertiary/aromatic N) is 4. The van der Waals surface area contributed by atoms with Crippen LogP contribution in [0.4, 0.5) is 19.0 Å². The van der Waals surface area contributed by atoms with Gasteiger partial charge in [-0.05, 0) is 24.1 Å². The van der Waals surface area contributed by atoms with E-state index in [4.69, 9.17) is 0 Å². The molecule has 2 atom stereocenters. The lowest BCUT2D eigenvalue weighted by Gasteiger charge is -2.26. The SMILES string of the molecule is O[C@H]1C[C@H](c2cccc(C(F)(F)F)c2)N(c2ncnc3nc[nH]c23)C1. The van der Waals surface area contributed by atoms with E-state index in [1.54, 1.807) is 11.0 Å². The van der Waals surface area contributed by atoms with Crippen molar-refractivity contribution >= 4 is 17.0 Å². The Kier molecular flexibility index (Phi) is 3.60. The van der Waals surface area contributed by atoms with Gasteiger partial charge in [0.2, 0.25) is 0 Å². The van der Waals surface area contributed by atoms with Crippen LogP contribution in [0.1, 0.15) is 23.6 Å². The van der Waals surface area contributed by atoms with E-state index < -0.39 is 23.9 Å². The van der Waals surface area contributed by atoms with Crippen LogP contribution in [0.15, 0.2) is 36.9 Å². The number of rotatable bonds is 2. The zero-order valence-electron chi connectivity index (χ0n) is 12.9. The van der Waals surface area contributed by atoms with Crippen molar-refractivity contribution in [1.82, 2.24) is 19.9 Å². The monoisotopic (exact) mass is 349 g/mol. The van der Waals surface area contributed by atoms with Crippen molar-refractivity contribution in [3.63, 3.8) is 0 Å². The molecule has 1 aromatic carbocycles. The number of anilines is 1. The molecule has 2 aromatic heterocycles. The quantitative estimate of drug-likeness (QED) is 0.744. The summed E-state index contributed by atoms with van der Waals surface area (Å²) in [5.74, 6) is 0.515. The largest absolute Gasteiger partial charge is 0.416 e. The minimum atomic E-state index is -4.41. The first-order valence-electron chi connectivity index (χ1n) is 7.69. The van der Waals surface area contributed by atoms with E-state index >= 15 is 0 Å². The lowest BCUT2D eigenvalue weighted by molar-refractivity contribution is -0.137. The minimum Gasteiger partial charge on any atom is -0.391 e. The summed E-state index contributed by atoms with van der Waals surface area (Å²) < 4.78 is 39.1. The molecule has 6 nitrogen and oxygen atoms in total. The fraction of sp³-hybridized carbons (Fsp3) is 0.312. The van der Waals surface area contributed by atoms with Crippen LogP contribution < -0.4 is 4.90 Å². The summed E-state index contributed by atoms with van der Waals surface area (Å²) in [6.07, 6.45) is -1.92. The number of β-amino-alcohol motifs (C(OH)–C–C–N with tert-alkyl or cyclic N) is 1. The first kappa shape index (κ1) is 15.8. The molecular formula is C16H14F3N5O. The normalized spacial score (nSPS) is 21.2. The van der Waals surface area contributed by atoms with Crippen LogP contribution >= 0.6 is 0 Å². The van der Waals surface area contributed by atoms with Crippen LogP contribution in [0.3, 0.4) is 0 Å². The van der Waals surface area contributed by atoms with Crippen LogP contribution in [-0.4, -0.2) is 37.7 Å². The molecule has 3 aromatic rings. The third kappa shape index (κ3) is 2.80. The Hall–Kier alpha value is -2.68. The Balaban J connectivity index is 1.77. The molecule has 0 amide bonds. The van der Waals surface area contributed by atoms with E-state index in [1.807, 2.05) is 0 Å². The molecule has 0 radical (unpaired) electrons. The second kappa shape index (κ2) is 5.69. The summed E-state index contributed by atoms with van der Waals surface area (Å²) in [4.78, 5) is 17.1. The Morgan fingerprint density at radius 3 is 2.84 bits per heavy atom. The summed E-state index contributed by atoms with van der Waals surface area (Å²) in [5, 5.41) is 10.1. The minimum absolute atomic E-state index is 0.270. The number of imidazole rings is 1. The number of hydrogen-bond acceptors (Lipinski definition) is 5. The topological polar surface area (TPSA) is 77.9 Å². The third-order valence-electron chi connectivity index (χ3n) is 4.35. The van der Waals surface area contributed by atoms with Gasteiger partial charge in [0.1, 0.15) is 11.8 Å². The molecule has 25 heavy (non-hydrogen) atoms. The lowest BCUT2D eigenvalue weighted by Crippen LogP contribution is -2.25. The van der Waals surface area contributed by atoms with Gasteiger partial charge in [-0.1, -0.05) is 12.1 Å². The zero-order chi connectivity index (χ0) is 17.6. The van der Waals surface area contributed by atoms with Crippen molar-refractivity contribution in [2.24, 2.45) is 0 Å². The maximum absolute atomic E-state index is 13.0. The number of aliphatic hydroxyl groups excluding tert-OH is 1. The van der Waals surface area contributed by atoms with Crippen molar-refractivity contribution in [2.75, 3.05) is 11.4 Å². The molecule has 1 aliphatic rings. The van der Waals surface area contributed by atoms with E-state index in [9.17, 15) is 18.3 Å². The van der Waals surface area contributed by atoms with Gasteiger partial charge in [0.05, 0.1) is 24.0 Å². The van der Waals surface area contributed by atoms with Gasteiger partial charge in [0.15, 0.2) is 11.5 Å². The van der Waals surface area contributed by atoms with E-state index in [-0.39, 0.29) is 6.54 Å². The van der Waals surface area contributed by atoms with E-state index in [0.717, 1.165) is 12.1 Å². The molecule has 4 rings (SSSR count). The smallest absolute Gasteiger partial charge is 0.391 e. The summed E-state index contributed by atoms with van der Waals surface area (Å²) in [6, 6.07) is 4.76. The number of nitrogens with one attached hydrogen (secondary N) is 1. The second-order valence-electron chi connectivity index (χ2n) is 5.98. The average Bonchev–Trinajstić information content (AvgIpc) is 3.20. The number of aromatic nitrogens is 4. The summed E-state index contributed by atoms with van der Waals surface area (Å²) in [6.45, 7) is 0.270. The Labute approximate surface area is 140 Å². The molecule has 1 aliphatic heterocycles. The summed E-state index contributed by atoms with van der Waals surface area (Å²) in [5.41, 5.74) is 0.834. The maximum Gasteiger partial charge on any atom is 0.416 e. The average molecular weight is 349 g/mol. The fourth-order valence-electron chi connectivity index (χ4n) is 3.26. The molecule has 0 bridgehead atoms. The standard InChI is InChI=1S/C16H14F3N5O/c17-16(18,19)10-3-1-2-9(4-10)12-5-11(25)6-24(12)15-13-14(21-7-20-13)22-8-23-15/h1-4,7-8,11-12,25H,5-6H2,(H,20,21,22,23)/t11-,12+/m0/s1. The van der Waals surface area contributed by atoms with Crippen LogP contribution in [0.2, 0.25) is 0 Å². The van der Waals surface area contributed by atoms with Gasteiger partial charge in [-0.3, -0.25) is 0 Å². The highest BCUT2D eigenvalue weighted by atomic mass is 19.4. The van der Waals surface area contributed by atoms with Crippen molar-refractivity contribution in [3.05, 3.63) is 48.0 Å². The molecule has 0 saturated carbocycles. The second-order valence-corrected chi connectivity index (χ2v) is 5.98. The van der Waals surface area contributed by atoms with Gasteiger partial charge in [-0.25, -0.2) is 15.0 Å². The number of aromatic amines is 1. The number of H-pyrrole nitrogens is 1. The molecule has 2 N–H and O–H groups in total. The van der Waals surface area contributed by atoms with E-state index in [2.05, 4.69) is 19.9 Å². The van der Waals surface area contributed by atoms with Crippen molar-refractivity contribution < 1.29 is 18.3 Å². The molecule has 0 unspecified atom stereocenters. The van der Waals surface area contributed by atoms with Gasteiger partial charge in [-0.2, -0.15) is 13.2 Å². The molecule has 1 saturated heterocycles. The first-order valence-corrected chi connectivity index (χ1v) is 7.69. The van der Waals surface area contributed by atoms with Gasteiger partial charge in [0, 0.05) is 6.54 Å². The number of aliphatic hydroxyl groups is 1. The molecule has 9 heteroatoms. The van der Waals surface area contributed by atoms with E-state index in [0.29, 0.717) is 29.0 Å². The molecule has 1 fully saturated rings. The Morgan fingerprint density at radius 2 is 2.04 bits per heavy atom. The molecule has 130 valence electrons. The van der Waals surface area contributed by atoms with Gasteiger partial charge < -0.3 is 15.0 Å². The molecule has 0 spiro atoms. The number of hydrogen-bond donors (Lipinski definition) is 2. The number of halogens is 3. The third-order valence-corrected chi connectivity index (χ3v) is 4.35. The predicted molar refractivity (Wildman–Crippen MR) is 83.8 cm³/mol. The highest BCUT2D eigenvalue weighted by molar-refractivity contribution is 5.83. The van der Waals surface area contributed by atoms with Gasteiger partial charge in [0.25, 0.3) is 0 Å². The van der Waals surface area contributed by atoms with Crippen molar-refractivity contribution in [2.45, 2.75) is 24.7 Å². The number of benzene rings is 1. The van der Waals surface area contributed by atoms with Crippen LogP contribution in [0.5, 0.6) is 0 Å². The highest BCUT2D eigenvalue weighted by Crippen LogP contribution is 2.39. The van der Waals surface area contributed by atoms with Crippen LogP contribution in [0, 0.1) is 0 Å². The maximum atomic E-state index is 13.0. The summed E-state index contributed by atoms with van der Waals surface area (Å²) >= 11 is 0. The van der Waals surface area contributed by atoms with Crippen molar-refractivity contribution in [3.8, 4) is 0 Å². The molecular weight excluding hydrogens is 335 g/mol. The number of fused-ring (bicyclic) bond motifs is 1. The predicted octanol–water partition coefficient (Wildman–Crippen LogP) is 2.68. The Morgan fingerprint density at radius 1 is 1.20 bits per heavy atom. The fourth-order valence-corrected chi connectivity index (χ4v) is 3.26. The van der Waals surface area contributed by atoms with Gasteiger partial charge in [-0.15, -0.1) is 0 Å². The van der Waals surface area contributed by atoms with Crippen LogP contribution in [0.25, 0.3) is 11.2 Å². The van der Waals surface area contributed by atoms with Crippen molar-refractivity contribution in [1.29, 1.82) is 0 Å². The van der Waals surface area contributed by atoms with E-state index in [1.165, 1.54) is 18.7 Å². The van der Waals surface area contributed by atoms with Crippen LogP contribution in [-0.2, 0) is 6.18 Å². The summed E-state index contributed by atoms with van der Waals surface area (Å²) in [7, 11) is 0. The molecule has 3 heterocycles. The first-order chi connectivity index (χ1) is 11.9. The molecule has 0 aliphatic carbocycles. The zero-order valence-corrected chi connectivity index (χ0v) is 12.9. The number of alkyl halides is 3. The Bertz CT molecular complexity index is 910. The highest BCUT2D eigenvalue weighted by Gasteiger charge is 2.36. The van der Waals surface area contributed by atoms with Gasteiger partial charge >= 0.3 is 6.18 Å².